The molecule has 0 aromatic carbocycles. The molecule has 0 saturated heterocycles. The molecule has 2 fully saturated rings. The molecular formula is C20H28O3. The Hall–Kier alpha value is -1.09. The number of rotatable bonds is 1. The predicted molar refractivity (Wildman–Crippen MR) is 88.6 cm³/mol. The molecule has 126 valence electrons. The number of carbonyl (C=O) groups is 1. The van der Waals surface area contributed by atoms with E-state index in [2.05, 4.69) is 19.9 Å². The molecule has 0 bridgehead atoms. The van der Waals surface area contributed by atoms with Gasteiger partial charge in [-0.3, -0.25) is 4.79 Å². The van der Waals surface area contributed by atoms with Gasteiger partial charge in [0.1, 0.15) is 5.76 Å². The van der Waals surface area contributed by atoms with Gasteiger partial charge < -0.3 is 9.84 Å². The molecular weight excluding hydrogens is 288 g/mol. The minimum absolute atomic E-state index is 0.0491. The number of ketones is 1. The average Bonchev–Trinajstić information content (AvgIpc) is 2.83. The maximum absolute atomic E-state index is 12.0. The minimum atomic E-state index is -0.162. The third-order valence-electron chi connectivity index (χ3n) is 7.74. The van der Waals surface area contributed by atoms with Crippen LogP contribution in [0.4, 0.5) is 0 Å². The average molecular weight is 316 g/mol. The summed E-state index contributed by atoms with van der Waals surface area (Å²) in [5.41, 5.74) is 1.23. The van der Waals surface area contributed by atoms with E-state index < -0.39 is 0 Å². The third kappa shape index (κ3) is 1.95. The highest BCUT2D eigenvalue weighted by Gasteiger charge is 2.59. The number of ether oxygens (including phenoxy) is 1. The molecule has 0 radical (unpaired) electrons. The van der Waals surface area contributed by atoms with Crippen molar-refractivity contribution in [2.24, 2.45) is 28.6 Å². The van der Waals surface area contributed by atoms with Crippen LogP contribution in [0.2, 0.25) is 0 Å². The summed E-state index contributed by atoms with van der Waals surface area (Å²) in [6.07, 6.45) is 9.85. The number of aliphatic hydroxyl groups excluding tert-OH is 1. The maximum Gasteiger partial charge on any atom is 0.156 e. The summed E-state index contributed by atoms with van der Waals surface area (Å²) in [5, 5.41) is 10.5. The molecule has 23 heavy (non-hydrogen) atoms. The molecule has 6 atom stereocenters. The van der Waals surface area contributed by atoms with Crippen LogP contribution < -0.4 is 0 Å². The fraction of sp³-hybridized carbons (Fsp3) is 0.750. The van der Waals surface area contributed by atoms with E-state index in [4.69, 9.17) is 4.74 Å². The van der Waals surface area contributed by atoms with Crippen LogP contribution in [-0.2, 0) is 9.53 Å². The number of allylic oxidation sites excluding steroid dienone is 3. The Labute approximate surface area is 138 Å². The monoisotopic (exact) mass is 316 g/mol. The van der Waals surface area contributed by atoms with Gasteiger partial charge in [-0.05, 0) is 67.4 Å². The van der Waals surface area contributed by atoms with Crippen molar-refractivity contribution in [1.82, 2.24) is 0 Å². The zero-order valence-electron chi connectivity index (χ0n) is 14.5. The highest BCUT2D eigenvalue weighted by molar-refractivity contribution is 5.92. The van der Waals surface area contributed by atoms with Crippen LogP contribution in [0.25, 0.3) is 0 Å². The maximum atomic E-state index is 12.0. The van der Waals surface area contributed by atoms with E-state index in [1.807, 2.05) is 6.08 Å². The zero-order valence-corrected chi connectivity index (χ0v) is 14.5. The molecule has 0 unspecified atom stereocenters. The van der Waals surface area contributed by atoms with Crippen LogP contribution in [-0.4, -0.2) is 24.1 Å². The fourth-order valence-electron chi connectivity index (χ4n) is 6.24. The van der Waals surface area contributed by atoms with Crippen molar-refractivity contribution in [3.63, 3.8) is 0 Å². The van der Waals surface area contributed by atoms with Gasteiger partial charge in [0.25, 0.3) is 0 Å². The quantitative estimate of drug-likeness (QED) is 0.803. The highest BCUT2D eigenvalue weighted by atomic mass is 16.5. The standard InChI is InChI=1S/C20H28O3/c1-19-8-6-12(21)10-16(19)17(23-3)11-13-14-4-5-18(22)20(14,2)9-7-15(13)19/h10-11,13-15,18,22H,4-9H2,1-3H3/t13-,14-,15-,18-,19+,20-/m0/s1. The van der Waals surface area contributed by atoms with Crippen molar-refractivity contribution >= 4 is 5.78 Å². The number of aliphatic hydroxyl groups is 1. The molecule has 4 rings (SSSR count). The van der Waals surface area contributed by atoms with E-state index in [1.165, 1.54) is 0 Å². The summed E-state index contributed by atoms with van der Waals surface area (Å²) < 4.78 is 5.71. The van der Waals surface area contributed by atoms with Gasteiger partial charge in [0.05, 0.1) is 13.2 Å². The third-order valence-corrected chi connectivity index (χ3v) is 7.74. The Morgan fingerprint density at radius 2 is 1.96 bits per heavy atom. The lowest BCUT2D eigenvalue weighted by Gasteiger charge is -2.56. The Bertz CT molecular complexity index is 604. The predicted octanol–water partition coefficient (Wildman–Crippen LogP) is 3.63. The molecule has 2 saturated carbocycles. The lowest BCUT2D eigenvalue weighted by molar-refractivity contribution is -0.117. The fourth-order valence-corrected chi connectivity index (χ4v) is 6.24. The largest absolute Gasteiger partial charge is 0.497 e. The number of hydrogen-bond donors (Lipinski definition) is 1. The van der Waals surface area contributed by atoms with Crippen LogP contribution in [0, 0.1) is 28.6 Å². The van der Waals surface area contributed by atoms with Gasteiger partial charge in [-0.1, -0.05) is 13.8 Å². The molecule has 0 aromatic heterocycles. The van der Waals surface area contributed by atoms with E-state index in [-0.39, 0.29) is 22.7 Å². The van der Waals surface area contributed by atoms with Gasteiger partial charge >= 0.3 is 0 Å². The number of hydrogen-bond acceptors (Lipinski definition) is 3. The first-order chi connectivity index (χ1) is 10.9. The lowest BCUT2D eigenvalue weighted by atomic mass is 9.49. The Kier molecular flexibility index (Phi) is 3.32. The van der Waals surface area contributed by atoms with E-state index >= 15 is 0 Å². The molecule has 0 spiro atoms. The van der Waals surface area contributed by atoms with Crippen LogP contribution >= 0.6 is 0 Å². The second kappa shape index (κ2) is 4.95. The molecule has 0 aliphatic heterocycles. The summed E-state index contributed by atoms with van der Waals surface area (Å²) in [5.74, 6) is 2.72. The molecule has 3 nitrogen and oxygen atoms in total. The summed E-state index contributed by atoms with van der Waals surface area (Å²) in [4.78, 5) is 12.0. The van der Waals surface area contributed by atoms with Crippen LogP contribution in [0.15, 0.2) is 23.5 Å². The first-order valence-corrected chi connectivity index (χ1v) is 9.09. The van der Waals surface area contributed by atoms with Gasteiger partial charge in [0, 0.05) is 17.4 Å². The van der Waals surface area contributed by atoms with Crippen molar-refractivity contribution in [2.75, 3.05) is 7.11 Å². The van der Waals surface area contributed by atoms with Gasteiger partial charge in [0.2, 0.25) is 0 Å². The van der Waals surface area contributed by atoms with E-state index in [0.29, 0.717) is 24.2 Å². The first-order valence-electron chi connectivity index (χ1n) is 9.09. The molecule has 3 heteroatoms. The van der Waals surface area contributed by atoms with Crippen LogP contribution in [0.5, 0.6) is 0 Å². The summed E-state index contributed by atoms with van der Waals surface area (Å²) >= 11 is 0. The van der Waals surface area contributed by atoms with Crippen molar-refractivity contribution in [3.8, 4) is 0 Å². The molecule has 0 aromatic rings. The second-order valence-corrected chi connectivity index (χ2v) is 8.60. The van der Waals surface area contributed by atoms with E-state index in [9.17, 15) is 9.90 Å². The summed E-state index contributed by atoms with van der Waals surface area (Å²) in [6, 6.07) is 0. The molecule has 0 heterocycles. The van der Waals surface area contributed by atoms with Gasteiger partial charge in [-0.15, -0.1) is 0 Å². The Morgan fingerprint density at radius 3 is 2.70 bits per heavy atom. The zero-order chi connectivity index (χ0) is 16.4. The Balaban J connectivity index is 1.82. The van der Waals surface area contributed by atoms with Gasteiger partial charge in [-0.2, -0.15) is 0 Å². The minimum Gasteiger partial charge on any atom is -0.497 e. The molecule has 1 N–H and O–H groups in total. The number of fused-ring (bicyclic) bond motifs is 5. The normalized spacial score (nSPS) is 48.8. The van der Waals surface area contributed by atoms with E-state index in [1.54, 1.807) is 7.11 Å². The molecule has 4 aliphatic rings. The van der Waals surface area contributed by atoms with Crippen molar-refractivity contribution in [1.29, 1.82) is 0 Å². The summed E-state index contributed by atoms with van der Waals surface area (Å²) in [7, 11) is 1.72. The van der Waals surface area contributed by atoms with Gasteiger partial charge in [0.15, 0.2) is 5.78 Å². The highest BCUT2D eigenvalue weighted by Crippen LogP contribution is 2.64. The number of carbonyl (C=O) groups excluding carboxylic acids is 1. The van der Waals surface area contributed by atoms with Crippen molar-refractivity contribution in [3.05, 3.63) is 23.5 Å². The van der Waals surface area contributed by atoms with Crippen molar-refractivity contribution in [2.45, 2.75) is 58.5 Å². The second-order valence-electron chi connectivity index (χ2n) is 8.60. The van der Waals surface area contributed by atoms with Crippen LogP contribution in [0.3, 0.4) is 0 Å². The molecule has 4 aliphatic carbocycles. The smallest absolute Gasteiger partial charge is 0.156 e. The number of methoxy groups -OCH3 is 1. The first kappa shape index (κ1) is 15.4. The lowest BCUT2D eigenvalue weighted by Crippen LogP contribution is -2.50. The summed E-state index contributed by atoms with van der Waals surface area (Å²) in [6.45, 7) is 4.62. The van der Waals surface area contributed by atoms with Crippen molar-refractivity contribution < 1.29 is 14.6 Å². The molecule has 0 amide bonds. The Morgan fingerprint density at radius 1 is 1.17 bits per heavy atom. The van der Waals surface area contributed by atoms with E-state index in [0.717, 1.165) is 43.4 Å². The van der Waals surface area contributed by atoms with Crippen LogP contribution in [0.1, 0.15) is 52.4 Å². The SMILES string of the molecule is COC1=C[C@H]2[C@@H]3CC[C@H](O)[C@@]3(C)CC[C@@H]2[C@@]2(C)CCC(=O)C=C12. The topological polar surface area (TPSA) is 46.5 Å². The van der Waals surface area contributed by atoms with Gasteiger partial charge in [-0.25, -0.2) is 0 Å².